The zero-order chi connectivity index (χ0) is 28.3. The first kappa shape index (κ1) is 26.1. The number of Topliss-reactive ketones (excluding diaryl/α,β-unsaturated/α-hetero) is 1. The molecule has 2 aromatic carbocycles. The lowest BCUT2D eigenvalue weighted by Gasteiger charge is -2.30. The maximum absolute atomic E-state index is 13.7. The smallest absolute Gasteiger partial charge is 0.295 e. The van der Waals surface area contributed by atoms with Gasteiger partial charge in [-0.1, -0.05) is 48.0 Å². The van der Waals surface area contributed by atoms with Crippen molar-refractivity contribution in [2.24, 2.45) is 0 Å². The number of hydrogen-bond donors (Lipinski definition) is 1. The lowest BCUT2D eigenvalue weighted by molar-refractivity contribution is -0.126. The van der Waals surface area contributed by atoms with Gasteiger partial charge in [0.25, 0.3) is 11.7 Å². The molecule has 0 bridgehead atoms. The number of hydrogen-bond acceptors (Lipinski definition) is 6. The number of rotatable bonds is 6. The van der Waals surface area contributed by atoms with E-state index < -0.39 is 11.7 Å². The fourth-order valence-corrected chi connectivity index (χ4v) is 5.35. The molecule has 0 unspecified atom stereocenters. The number of piperidine rings is 1. The van der Waals surface area contributed by atoms with Gasteiger partial charge in [-0.05, 0) is 41.7 Å². The number of pyridine rings is 1. The number of carbonyl (C=O) groups is 2. The number of nitrogens with zero attached hydrogens (tertiary/aromatic N) is 4. The van der Waals surface area contributed by atoms with Gasteiger partial charge >= 0.3 is 0 Å². The van der Waals surface area contributed by atoms with Crippen molar-refractivity contribution in [1.82, 2.24) is 24.8 Å². The number of likely N-dealkylation sites (tertiary alicyclic amines) is 1. The normalized spacial score (nSPS) is 13.3. The van der Waals surface area contributed by atoms with Crippen molar-refractivity contribution in [2.75, 3.05) is 20.2 Å². The quantitative estimate of drug-likeness (QED) is 0.223. The molecule has 1 N–H and O–H groups in total. The summed E-state index contributed by atoms with van der Waals surface area (Å²) in [6, 6.07) is 16.4. The molecule has 0 atom stereocenters. The van der Waals surface area contributed by atoms with Crippen LogP contribution in [0.25, 0.3) is 27.9 Å². The number of benzene rings is 2. The number of aromatic nitrogens is 4. The Morgan fingerprint density at radius 2 is 1.66 bits per heavy atom. The summed E-state index contributed by atoms with van der Waals surface area (Å²) in [5.41, 5.74) is 5.93. The number of halogens is 1. The third-order valence-electron chi connectivity index (χ3n) is 7.34. The molecule has 1 saturated heterocycles. The predicted molar refractivity (Wildman–Crippen MR) is 153 cm³/mol. The number of ketones is 1. The summed E-state index contributed by atoms with van der Waals surface area (Å²) in [4.78, 5) is 44.6. The van der Waals surface area contributed by atoms with Crippen molar-refractivity contribution in [2.45, 2.75) is 12.8 Å². The van der Waals surface area contributed by atoms with E-state index in [-0.39, 0.29) is 11.4 Å². The maximum Gasteiger partial charge on any atom is 0.295 e. The molecule has 3 aromatic heterocycles. The molecular formula is C32H26FN5O3. The van der Waals surface area contributed by atoms with Crippen LogP contribution in [-0.4, -0.2) is 56.7 Å². The standard InChI is InChI=1S/C32H26FN5O3/c1-41-26-19-37-29(25-18-34-13-14-35-25)30-28(26)24(17-36-30)31(39)32(40)38-15-11-22(12-16-38)27(20-5-3-2-4-6-20)21-7-9-23(33)10-8-21/h2-10,13-14,17-19,36H,11-12,15-16H2,1H3. The van der Waals surface area contributed by atoms with Crippen LogP contribution in [0.5, 0.6) is 5.75 Å². The van der Waals surface area contributed by atoms with Gasteiger partial charge in [-0.3, -0.25) is 19.6 Å². The van der Waals surface area contributed by atoms with Gasteiger partial charge in [0.15, 0.2) is 0 Å². The first-order valence-corrected chi connectivity index (χ1v) is 13.2. The van der Waals surface area contributed by atoms with E-state index in [0.717, 1.165) is 22.3 Å². The van der Waals surface area contributed by atoms with Gasteiger partial charge in [0.1, 0.15) is 23.0 Å². The number of H-pyrrole nitrogens is 1. The Bertz CT molecular complexity index is 1760. The minimum atomic E-state index is -0.625. The number of carbonyl (C=O) groups excluding carboxylic acids is 2. The van der Waals surface area contributed by atoms with Gasteiger partial charge in [0, 0.05) is 31.7 Å². The van der Waals surface area contributed by atoms with Gasteiger partial charge < -0.3 is 14.6 Å². The number of fused-ring (bicyclic) bond motifs is 1. The van der Waals surface area contributed by atoms with E-state index >= 15 is 0 Å². The lowest BCUT2D eigenvalue weighted by atomic mass is 9.88. The molecule has 0 spiro atoms. The topological polar surface area (TPSA) is 101 Å². The van der Waals surface area contributed by atoms with E-state index in [1.54, 1.807) is 35.6 Å². The number of amides is 1. The van der Waals surface area contributed by atoms with E-state index in [0.29, 0.717) is 54.0 Å². The molecule has 41 heavy (non-hydrogen) atoms. The number of nitrogens with one attached hydrogen (secondary N) is 1. The average Bonchev–Trinajstić information content (AvgIpc) is 3.48. The second-order valence-corrected chi connectivity index (χ2v) is 9.69. The Kier molecular flexibility index (Phi) is 7.08. The Labute approximate surface area is 235 Å². The number of ether oxygens (including phenoxy) is 1. The van der Waals surface area contributed by atoms with Crippen molar-refractivity contribution in [3.63, 3.8) is 0 Å². The third-order valence-corrected chi connectivity index (χ3v) is 7.34. The predicted octanol–water partition coefficient (Wildman–Crippen LogP) is 5.47. The van der Waals surface area contributed by atoms with Crippen LogP contribution in [0.2, 0.25) is 0 Å². The molecule has 0 saturated carbocycles. The Morgan fingerprint density at radius 3 is 2.34 bits per heavy atom. The number of methoxy groups -OCH3 is 1. The highest BCUT2D eigenvalue weighted by molar-refractivity contribution is 6.45. The average molecular weight is 548 g/mol. The molecular weight excluding hydrogens is 521 g/mol. The van der Waals surface area contributed by atoms with Crippen molar-refractivity contribution in [3.05, 3.63) is 114 Å². The number of aromatic amines is 1. The Hall–Kier alpha value is -5.18. The molecule has 9 heteroatoms. The molecule has 0 radical (unpaired) electrons. The van der Waals surface area contributed by atoms with E-state index in [4.69, 9.17) is 4.74 Å². The highest BCUT2D eigenvalue weighted by Gasteiger charge is 2.30. The monoisotopic (exact) mass is 547 g/mol. The summed E-state index contributed by atoms with van der Waals surface area (Å²) in [6.45, 7) is 0.784. The molecule has 1 aliphatic rings. The van der Waals surface area contributed by atoms with Crippen LogP contribution in [0.3, 0.4) is 0 Å². The van der Waals surface area contributed by atoms with E-state index in [2.05, 4.69) is 19.9 Å². The van der Waals surface area contributed by atoms with Crippen molar-refractivity contribution in [3.8, 4) is 17.1 Å². The summed E-state index contributed by atoms with van der Waals surface area (Å²) >= 11 is 0. The molecule has 5 aromatic rings. The van der Waals surface area contributed by atoms with E-state index in [1.807, 2.05) is 30.3 Å². The summed E-state index contributed by atoms with van der Waals surface area (Å²) in [6.07, 6.45) is 8.93. The SMILES string of the molecule is COc1cnc(-c2cnccn2)c2[nH]cc(C(=O)C(=O)N3CCC(=C(c4ccccc4)c4ccc(F)cc4)CC3)c12. The lowest BCUT2D eigenvalue weighted by Crippen LogP contribution is -2.40. The van der Waals surface area contributed by atoms with Gasteiger partial charge in [0.2, 0.25) is 0 Å². The second-order valence-electron chi connectivity index (χ2n) is 9.69. The van der Waals surface area contributed by atoms with Gasteiger partial charge in [0.05, 0.1) is 36.0 Å². The van der Waals surface area contributed by atoms with Crippen LogP contribution < -0.4 is 4.74 Å². The van der Waals surface area contributed by atoms with Crippen LogP contribution in [0, 0.1) is 5.82 Å². The molecule has 1 fully saturated rings. The van der Waals surface area contributed by atoms with Gasteiger partial charge in [-0.25, -0.2) is 9.37 Å². The molecule has 1 amide bonds. The molecule has 204 valence electrons. The third kappa shape index (κ3) is 4.98. The molecule has 6 rings (SSSR count). The highest BCUT2D eigenvalue weighted by atomic mass is 19.1. The van der Waals surface area contributed by atoms with Crippen LogP contribution in [0.1, 0.15) is 34.3 Å². The van der Waals surface area contributed by atoms with Gasteiger partial charge in [-0.2, -0.15) is 0 Å². The van der Waals surface area contributed by atoms with Crippen molar-refractivity contribution >= 4 is 28.2 Å². The Morgan fingerprint density at radius 1 is 0.927 bits per heavy atom. The zero-order valence-corrected chi connectivity index (χ0v) is 22.3. The van der Waals surface area contributed by atoms with Crippen LogP contribution in [-0.2, 0) is 4.79 Å². The fourth-order valence-electron chi connectivity index (χ4n) is 5.35. The van der Waals surface area contributed by atoms with E-state index in [9.17, 15) is 14.0 Å². The first-order chi connectivity index (χ1) is 20.0. The van der Waals surface area contributed by atoms with Crippen molar-refractivity contribution in [1.29, 1.82) is 0 Å². The highest BCUT2D eigenvalue weighted by Crippen LogP contribution is 2.35. The fraction of sp³-hybridized carbons (Fsp3) is 0.156. The molecule has 8 nitrogen and oxygen atoms in total. The Balaban J connectivity index is 1.28. The van der Waals surface area contributed by atoms with Crippen molar-refractivity contribution < 1.29 is 18.7 Å². The summed E-state index contributed by atoms with van der Waals surface area (Å²) in [5.74, 6) is -1.12. The minimum Gasteiger partial charge on any atom is -0.494 e. The second kappa shape index (κ2) is 11.1. The largest absolute Gasteiger partial charge is 0.494 e. The van der Waals surface area contributed by atoms with Crippen LogP contribution >= 0.6 is 0 Å². The summed E-state index contributed by atoms with van der Waals surface area (Å²) in [5, 5.41) is 0.474. The maximum atomic E-state index is 13.7. The zero-order valence-electron chi connectivity index (χ0n) is 22.3. The van der Waals surface area contributed by atoms with Crippen LogP contribution in [0.4, 0.5) is 4.39 Å². The molecule has 0 aliphatic carbocycles. The summed E-state index contributed by atoms with van der Waals surface area (Å²) in [7, 11) is 1.49. The van der Waals surface area contributed by atoms with Crippen LogP contribution in [0.15, 0.2) is 91.2 Å². The molecule has 4 heterocycles. The first-order valence-electron chi connectivity index (χ1n) is 13.2. The summed E-state index contributed by atoms with van der Waals surface area (Å²) < 4.78 is 19.2. The van der Waals surface area contributed by atoms with E-state index in [1.165, 1.54) is 31.6 Å². The molecule has 1 aliphatic heterocycles. The van der Waals surface area contributed by atoms with Gasteiger partial charge in [-0.15, -0.1) is 0 Å². The minimum absolute atomic E-state index is 0.215.